The van der Waals surface area contributed by atoms with Crippen LogP contribution < -0.4 is 0 Å². The van der Waals surface area contributed by atoms with E-state index in [9.17, 15) is 9.59 Å². The van der Waals surface area contributed by atoms with Crippen LogP contribution in [0.2, 0.25) is 0 Å². The molecule has 1 aliphatic heterocycles. The van der Waals surface area contributed by atoms with Crippen molar-refractivity contribution in [2.24, 2.45) is 5.92 Å². The molecular weight excluding hydrogens is 218 g/mol. The minimum absolute atomic E-state index is 0.0231. The minimum Gasteiger partial charge on any atom is -0.444 e. The van der Waals surface area contributed by atoms with E-state index in [4.69, 9.17) is 4.74 Å². The summed E-state index contributed by atoms with van der Waals surface area (Å²) in [7, 11) is 0. The molecule has 4 heteroatoms. The van der Waals surface area contributed by atoms with Crippen molar-refractivity contribution < 1.29 is 14.3 Å². The first-order valence-corrected chi connectivity index (χ1v) is 6.28. The SMILES string of the molecule is CC(=O)C1CCCCN(C(=O)OC(C)(C)C)C1. The average Bonchev–Trinajstić information content (AvgIpc) is 2.39. The maximum atomic E-state index is 11.9. The first-order chi connectivity index (χ1) is 7.79. The molecule has 98 valence electrons. The highest BCUT2D eigenvalue weighted by Crippen LogP contribution is 2.19. The molecule has 1 rings (SSSR count). The number of carbonyl (C=O) groups excluding carboxylic acids is 2. The van der Waals surface area contributed by atoms with Gasteiger partial charge in [-0.2, -0.15) is 0 Å². The zero-order chi connectivity index (χ0) is 13.1. The van der Waals surface area contributed by atoms with Gasteiger partial charge in [0, 0.05) is 19.0 Å². The molecule has 1 unspecified atom stereocenters. The fourth-order valence-corrected chi connectivity index (χ4v) is 1.97. The highest BCUT2D eigenvalue weighted by molar-refractivity contribution is 5.79. The van der Waals surface area contributed by atoms with E-state index in [2.05, 4.69) is 0 Å². The molecule has 1 saturated heterocycles. The van der Waals surface area contributed by atoms with E-state index < -0.39 is 5.60 Å². The largest absolute Gasteiger partial charge is 0.444 e. The standard InChI is InChI=1S/C13H23NO3/c1-10(15)11-7-5-6-8-14(9-11)12(16)17-13(2,3)4/h11H,5-9H2,1-4H3. The zero-order valence-corrected chi connectivity index (χ0v) is 11.3. The summed E-state index contributed by atoms with van der Waals surface area (Å²) < 4.78 is 5.34. The van der Waals surface area contributed by atoms with E-state index >= 15 is 0 Å². The Balaban J connectivity index is 2.62. The Kier molecular flexibility index (Phi) is 4.54. The van der Waals surface area contributed by atoms with Crippen molar-refractivity contribution in [3.63, 3.8) is 0 Å². The van der Waals surface area contributed by atoms with Crippen LogP contribution in [0.5, 0.6) is 0 Å². The van der Waals surface area contributed by atoms with Gasteiger partial charge in [-0.25, -0.2) is 4.79 Å². The van der Waals surface area contributed by atoms with Crippen molar-refractivity contribution in [1.29, 1.82) is 0 Å². The number of hydrogen-bond acceptors (Lipinski definition) is 3. The van der Waals surface area contributed by atoms with Crippen molar-refractivity contribution in [2.75, 3.05) is 13.1 Å². The Morgan fingerprint density at radius 3 is 2.41 bits per heavy atom. The molecule has 0 aromatic rings. The highest BCUT2D eigenvalue weighted by atomic mass is 16.6. The van der Waals surface area contributed by atoms with Gasteiger partial charge >= 0.3 is 6.09 Å². The van der Waals surface area contributed by atoms with Gasteiger partial charge in [0.15, 0.2) is 0 Å². The van der Waals surface area contributed by atoms with Crippen molar-refractivity contribution in [1.82, 2.24) is 4.90 Å². The first-order valence-electron chi connectivity index (χ1n) is 6.28. The third-order valence-corrected chi connectivity index (χ3v) is 2.90. The van der Waals surface area contributed by atoms with Crippen molar-refractivity contribution in [3.8, 4) is 0 Å². The van der Waals surface area contributed by atoms with Crippen LogP contribution in [0.25, 0.3) is 0 Å². The van der Waals surface area contributed by atoms with Gasteiger partial charge in [-0.05, 0) is 40.5 Å². The molecule has 4 nitrogen and oxygen atoms in total. The molecule has 1 amide bonds. The number of ketones is 1. The van der Waals surface area contributed by atoms with Gasteiger partial charge in [-0.15, -0.1) is 0 Å². The van der Waals surface area contributed by atoms with Crippen LogP contribution in [-0.2, 0) is 9.53 Å². The van der Waals surface area contributed by atoms with Crippen LogP contribution in [0.4, 0.5) is 4.79 Å². The molecule has 0 N–H and O–H groups in total. The second-order valence-corrected chi connectivity index (χ2v) is 5.73. The van der Waals surface area contributed by atoms with Gasteiger partial charge < -0.3 is 9.64 Å². The Morgan fingerprint density at radius 1 is 1.24 bits per heavy atom. The summed E-state index contributed by atoms with van der Waals surface area (Å²) in [6, 6.07) is 0. The molecule has 1 atom stereocenters. The van der Waals surface area contributed by atoms with Crippen LogP contribution in [0, 0.1) is 5.92 Å². The molecule has 0 radical (unpaired) electrons. The number of hydrogen-bond donors (Lipinski definition) is 0. The lowest BCUT2D eigenvalue weighted by atomic mass is 10.00. The second kappa shape index (κ2) is 5.52. The summed E-state index contributed by atoms with van der Waals surface area (Å²) in [6.45, 7) is 8.35. The maximum Gasteiger partial charge on any atom is 0.410 e. The summed E-state index contributed by atoms with van der Waals surface area (Å²) in [5.74, 6) is 0.144. The molecule has 0 spiro atoms. The summed E-state index contributed by atoms with van der Waals surface area (Å²) in [6.07, 6.45) is 2.53. The zero-order valence-electron chi connectivity index (χ0n) is 11.3. The van der Waals surface area contributed by atoms with Crippen LogP contribution in [0.1, 0.15) is 47.0 Å². The van der Waals surface area contributed by atoms with Crippen LogP contribution in [-0.4, -0.2) is 35.5 Å². The fourth-order valence-electron chi connectivity index (χ4n) is 1.97. The topological polar surface area (TPSA) is 46.6 Å². The number of nitrogens with zero attached hydrogens (tertiary/aromatic N) is 1. The van der Waals surface area contributed by atoms with E-state index in [-0.39, 0.29) is 17.8 Å². The first kappa shape index (κ1) is 14.0. The molecule has 1 aliphatic rings. The third kappa shape index (κ3) is 4.75. The maximum absolute atomic E-state index is 11.9. The third-order valence-electron chi connectivity index (χ3n) is 2.90. The normalized spacial score (nSPS) is 21.9. The van der Waals surface area contributed by atoms with Gasteiger partial charge in [0.25, 0.3) is 0 Å². The molecule has 17 heavy (non-hydrogen) atoms. The lowest BCUT2D eigenvalue weighted by Crippen LogP contribution is -2.40. The molecule has 0 aromatic carbocycles. The number of rotatable bonds is 1. The summed E-state index contributed by atoms with van der Waals surface area (Å²) >= 11 is 0. The quantitative estimate of drug-likeness (QED) is 0.709. The predicted molar refractivity (Wildman–Crippen MR) is 65.8 cm³/mol. The molecule has 1 heterocycles. The van der Waals surface area contributed by atoms with Gasteiger partial charge in [-0.3, -0.25) is 4.79 Å². The summed E-state index contributed by atoms with van der Waals surface area (Å²) in [4.78, 5) is 25.0. The van der Waals surface area contributed by atoms with Gasteiger partial charge in [0.2, 0.25) is 0 Å². The molecule has 0 aromatic heterocycles. The number of Topliss-reactive ketones (excluding diaryl/α,β-unsaturated/α-hetero) is 1. The van der Waals surface area contributed by atoms with Crippen LogP contribution in [0.15, 0.2) is 0 Å². The number of carbonyl (C=O) groups is 2. The lowest BCUT2D eigenvalue weighted by Gasteiger charge is -2.27. The second-order valence-electron chi connectivity index (χ2n) is 5.73. The predicted octanol–water partition coefficient (Wildman–Crippen LogP) is 2.61. The number of likely N-dealkylation sites (tertiary alicyclic amines) is 1. The Hall–Kier alpha value is -1.06. The highest BCUT2D eigenvalue weighted by Gasteiger charge is 2.27. The summed E-state index contributed by atoms with van der Waals surface area (Å²) in [5.41, 5.74) is -0.477. The number of amides is 1. The van der Waals surface area contributed by atoms with E-state index in [1.807, 2.05) is 20.8 Å². The fraction of sp³-hybridized carbons (Fsp3) is 0.846. The van der Waals surface area contributed by atoms with Crippen molar-refractivity contribution >= 4 is 11.9 Å². The van der Waals surface area contributed by atoms with E-state index in [1.165, 1.54) is 0 Å². The monoisotopic (exact) mass is 241 g/mol. The Bertz CT molecular complexity index is 294. The van der Waals surface area contributed by atoms with Crippen molar-refractivity contribution in [2.45, 2.75) is 52.6 Å². The Morgan fingerprint density at radius 2 is 1.88 bits per heavy atom. The average molecular weight is 241 g/mol. The van der Waals surface area contributed by atoms with Gasteiger partial charge in [-0.1, -0.05) is 6.42 Å². The molecule has 0 bridgehead atoms. The number of ether oxygens (including phenoxy) is 1. The smallest absolute Gasteiger partial charge is 0.410 e. The summed E-state index contributed by atoms with van der Waals surface area (Å²) in [5, 5.41) is 0. The molecular formula is C13H23NO3. The van der Waals surface area contributed by atoms with Crippen molar-refractivity contribution in [3.05, 3.63) is 0 Å². The van der Waals surface area contributed by atoms with E-state index in [0.29, 0.717) is 13.1 Å². The molecule has 1 fully saturated rings. The van der Waals surface area contributed by atoms with Gasteiger partial charge in [0.1, 0.15) is 11.4 Å². The minimum atomic E-state index is -0.477. The Labute approximate surface area is 103 Å². The van der Waals surface area contributed by atoms with Crippen LogP contribution >= 0.6 is 0 Å². The molecule has 0 aliphatic carbocycles. The molecule has 0 saturated carbocycles. The van der Waals surface area contributed by atoms with Crippen LogP contribution in [0.3, 0.4) is 0 Å². The van der Waals surface area contributed by atoms with E-state index in [0.717, 1.165) is 19.3 Å². The lowest BCUT2D eigenvalue weighted by molar-refractivity contribution is -0.121. The van der Waals surface area contributed by atoms with Gasteiger partial charge in [0.05, 0.1) is 0 Å². The van der Waals surface area contributed by atoms with E-state index in [1.54, 1.807) is 11.8 Å².